The van der Waals surface area contributed by atoms with E-state index in [2.05, 4.69) is 4.90 Å². The second-order valence-corrected chi connectivity index (χ2v) is 5.98. The van der Waals surface area contributed by atoms with Crippen molar-refractivity contribution >= 4 is 0 Å². The lowest BCUT2D eigenvalue weighted by Crippen LogP contribution is -2.37. The zero-order valence-corrected chi connectivity index (χ0v) is 14.4. The molecule has 1 saturated heterocycles. The van der Waals surface area contributed by atoms with Crippen LogP contribution >= 0.6 is 0 Å². The fourth-order valence-electron chi connectivity index (χ4n) is 3.00. The second-order valence-electron chi connectivity index (χ2n) is 5.98. The van der Waals surface area contributed by atoms with Crippen molar-refractivity contribution in [2.45, 2.75) is 12.6 Å². The standard InChI is InChI=1S/C19H22FNO4/c1-23-17-9-14(16(22)10-18(17)24-2)11-21-7-8-25-19(12-21)13-3-5-15(20)6-4-13/h3-6,9-10,19,22H,7-8,11-12H2,1-2H3/t19-/m0/s1. The Morgan fingerprint density at radius 2 is 1.84 bits per heavy atom. The Hall–Kier alpha value is -2.31. The molecule has 0 spiro atoms. The highest BCUT2D eigenvalue weighted by Crippen LogP contribution is 2.35. The molecule has 1 aliphatic rings. The molecule has 0 bridgehead atoms. The first kappa shape index (κ1) is 17.5. The predicted molar refractivity (Wildman–Crippen MR) is 91.6 cm³/mol. The number of morpholine rings is 1. The Balaban J connectivity index is 1.73. The summed E-state index contributed by atoms with van der Waals surface area (Å²) in [6.07, 6.45) is -0.114. The molecule has 0 unspecified atom stereocenters. The Bertz CT molecular complexity index is 720. The van der Waals surface area contributed by atoms with E-state index in [4.69, 9.17) is 14.2 Å². The summed E-state index contributed by atoms with van der Waals surface area (Å²) in [5.41, 5.74) is 1.71. The van der Waals surface area contributed by atoms with Gasteiger partial charge in [-0.25, -0.2) is 4.39 Å². The van der Waals surface area contributed by atoms with Crippen molar-refractivity contribution in [1.82, 2.24) is 4.90 Å². The Kier molecular flexibility index (Phi) is 5.40. The highest BCUT2D eigenvalue weighted by Gasteiger charge is 2.23. The number of hydrogen-bond acceptors (Lipinski definition) is 5. The molecule has 134 valence electrons. The minimum Gasteiger partial charge on any atom is -0.507 e. The molecule has 0 saturated carbocycles. The highest BCUT2D eigenvalue weighted by atomic mass is 19.1. The Morgan fingerprint density at radius 1 is 1.16 bits per heavy atom. The first-order valence-electron chi connectivity index (χ1n) is 8.14. The van der Waals surface area contributed by atoms with E-state index in [1.165, 1.54) is 19.2 Å². The van der Waals surface area contributed by atoms with Gasteiger partial charge >= 0.3 is 0 Å². The minimum atomic E-state index is -0.258. The van der Waals surface area contributed by atoms with Gasteiger partial charge in [0, 0.05) is 31.3 Å². The van der Waals surface area contributed by atoms with E-state index in [-0.39, 0.29) is 17.7 Å². The van der Waals surface area contributed by atoms with Crippen molar-refractivity contribution in [1.29, 1.82) is 0 Å². The maximum atomic E-state index is 13.1. The zero-order valence-electron chi connectivity index (χ0n) is 14.4. The van der Waals surface area contributed by atoms with Crippen molar-refractivity contribution in [3.63, 3.8) is 0 Å². The molecule has 5 nitrogen and oxygen atoms in total. The molecule has 1 N–H and O–H groups in total. The smallest absolute Gasteiger partial charge is 0.164 e. The quantitative estimate of drug-likeness (QED) is 0.901. The molecule has 2 aromatic carbocycles. The molecule has 1 aliphatic heterocycles. The number of rotatable bonds is 5. The topological polar surface area (TPSA) is 51.2 Å². The number of phenols is 1. The van der Waals surface area contributed by atoms with Crippen molar-refractivity contribution < 1.29 is 23.7 Å². The predicted octanol–water partition coefficient (Wildman–Crippen LogP) is 3.12. The Morgan fingerprint density at radius 3 is 2.52 bits per heavy atom. The average Bonchev–Trinajstić information content (AvgIpc) is 2.64. The van der Waals surface area contributed by atoms with Crippen molar-refractivity contribution in [2.75, 3.05) is 33.9 Å². The van der Waals surface area contributed by atoms with Crippen LogP contribution in [0.4, 0.5) is 4.39 Å². The van der Waals surface area contributed by atoms with E-state index in [1.807, 2.05) is 0 Å². The third-order valence-corrected chi connectivity index (χ3v) is 4.37. The van der Waals surface area contributed by atoms with Crippen LogP contribution in [0.2, 0.25) is 0 Å². The molecule has 0 amide bonds. The first-order chi connectivity index (χ1) is 12.1. The third-order valence-electron chi connectivity index (χ3n) is 4.37. The van der Waals surface area contributed by atoms with Crippen LogP contribution in [-0.2, 0) is 11.3 Å². The number of ether oxygens (including phenoxy) is 3. The van der Waals surface area contributed by atoms with Gasteiger partial charge in [-0.05, 0) is 23.8 Å². The van der Waals surface area contributed by atoms with Crippen molar-refractivity contribution in [3.8, 4) is 17.2 Å². The van der Waals surface area contributed by atoms with Gasteiger partial charge in [-0.3, -0.25) is 4.90 Å². The van der Waals surface area contributed by atoms with Gasteiger partial charge in [-0.1, -0.05) is 12.1 Å². The fraction of sp³-hybridized carbons (Fsp3) is 0.368. The lowest BCUT2D eigenvalue weighted by Gasteiger charge is -2.33. The summed E-state index contributed by atoms with van der Waals surface area (Å²) in [5.74, 6) is 0.989. The lowest BCUT2D eigenvalue weighted by atomic mass is 10.1. The van der Waals surface area contributed by atoms with Crippen molar-refractivity contribution in [2.24, 2.45) is 0 Å². The van der Waals surface area contributed by atoms with Crippen LogP contribution in [0.25, 0.3) is 0 Å². The molecule has 3 rings (SSSR count). The van der Waals surface area contributed by atoms with Gasteiger partial charge in [0.15, 0.2) is 11.5 Å². The number of benzene rings is 2. The van der Waals surface area contributed by atoms with Crippen LogP contribution < -0.4 is 9.47 Å². The number of hydrogen-bond donors (Lipinski definition) is 1. The average molecular weight is 347 g/mol. The molecular formula is C19H22FNO4. The second kappa shape index (κ2) is 7.72. The van der Waals surface area contributed by atoms with Crippen LogP contribution in [0.1, 0.15) is 17.2 Å². The van der Waals surface area contributed by atoms with Crippen LogP contribution in [-0.4, -0.2) is 43.9 Å². The maximum Gasteiger partial charge on any atom is 0.164 e. The first-order valence-corrected chi connectivity index (χ1v) is 8.14. The number of phenolic OH excluding ortho intramolecular Hbond substituents is 1. The molecule has 0 aromatic heterocycles. The van der Waals surface area contributed by atoms with Gasteiger partial charge < -0.3 is 19.3 Å². The third kappa shape index (κ3) is 4.03. The number of nitrogens with zero attached hydrogens (tertiary/aromatic N) is 1. The number of aromatic hydroxyl groups is 1. The summed E-state index contributed by atoms with van der Waals surface area (Å²) in [6, 6.07) is 9.73. The fourth-order valence-corrected chi connectivity index (χ4v) is 3.00. The summed E-state index contributed by atoms with van der Waals surface area (Å²) in [6.45, 7) is 2.56. The largest absolute Gasteiger partial charge is 0.507 e. The summed E-state index contributed by atoms with van der Waals surface area (Å²) >= 11 is 0. The van der Waals surface area contributed by atoms with Gasteiger partial charge in [0.25, 0.3) is 0 Å². The SMILES string of the molecule is COc1cc(O)c(CN2CCO[C@H](c3ccc(F)cc3)C2)cc1OC. The molecular weight excluding hydrogens is 325 g/mol. The summed E-state index contributed by atoms with van der Waals surface area (Å²) in [5, 5.41) is 10.3. The van der Waals surface area contributed by atoms with Crippen molar-refractivity contribution in [3.05, 3.63) is 53.3 Å². The Labute approximate surface area is 146 Å². The maximum absolute atomic E-state index is 13.1. The van der Waals surface area contributed by atoms with Crippen LogP contribution in [0, 0.1) is 5.82 Å². The van der Waals surface area contributed by atoms with E-state index in [0.29, 0.717) is 31.2 Å². The van der Waals surface area contributed by atoms with E-state index in [1.54, 1.807) is 31.4 Å². The zero-order chi connectivity index (χ0) is 17.8. The molecule has 1 fully saturated rings. The minimum absolute atomic E-state index is 0.114. The molecule has 25 heavy (non-hydrogen) atoms. The summed E-state index contributed by atoms with van der Waals surface area (Å²) in [7, 11) is 3.10. The molecule has 0 aliphatic carbocycles. The van der Waals surface area contributed by atoms with Crippen LogP contribution in [0.15, 0.2) is 36.4 Å². The van der Waals surface area contributed by atoms with E-state index < -0.39 is 0 Å². The highest BCUT2D eigenvalue weighted by molar-refractivity contribution is 5.50. The van der Waals surface area contributed by atoms with Gasteiger partial charge in [0.05, 0.1) is 26.9 Å². The van der Waals surface area contributed by atoms with Gasteiger partial charge in [-0.15, -0.1) is 0 Å². The molecule has 1 heterocycles. The van der Waals surface area contributed by atoms with Gasteiger partial charge in [0.2, 0.25) is 0 Å². The summed E-state index contributed by atoms with van der Waals surface area (Å²) < 4.78 is 29.4. The van der Waals surface area contributed by atoms with E-state index >= 15 is 0 Å². The van der Waals surface area contributed by atoms with Gasteiger partial charge in [0.1, 0.15) is 11.6 Å². The molecule has 6 heteroatoms. The van der Waals surface area contributed by atoms with E-state index in [0.717, 1.165) is 17.7 Å². The number of halogens is 1. The van der Waals surface area contributed by atoms with Gasteiger partial charge in [-0.2, -0.15) is 0 Å². The lowest BCUT2D eigenvalue weighted by molar-refractivity contribution is -0.0331. The molecule has 0 radical (unpaired) electrons. The van der Waals surface area contributed by atoms with E-state index in [9.17, 15) is 9.50 Å². The summed E-state index contributed by atoms with van der Waals surface area (Å²) in [4.78, 5) is 2.19. The van der Waals surface area contributed by atoms with Crippen LogP contribution in [0.3, 0.4) is 0 Å². The number of methoxy groups -OCH3 is 2. The normalized spacial score (nSPS) is 18.1. The molecule has 2 aromatic rings. The molecule has 1 atom stereocenters. The van der Waals surface area contributed by atoms with Crippen LogP contribution in [0.5, 0.6) is 17.2 Å². The monoisotopic (exact) mass is 347 g/mol.